The van der Waals surface area contributed by atoms with Gasteiger partial charge in [-0.3, -0.25) is 0 Å². The first kappa shape index (κ1) is 10.6. The molecule has 1 aromatic carbocycles. The molecule has 0 radical (unpaired) electrons. The summed E-state index contributed by atoms with van der Waals surface area (Å²) in [4.78, 5) is 4.44. The normalized spacial score (nSPS) is 21.9. The van der Waals surface area contributed by atoms with E-state index in [1.165, 1.54) is 17.5 Å². The maximum absolute atomic E-state index is 6.04. The average molecular weight is 229 g/mol. The third-order valence-corrected chi connectivity index (χ3v) is 4.12. The molecule has 3 heteroatoms. The minimum atomic E-state index is 0.478. The SMILES string of the molecule is Cc1cccc2nc(N)n(CC3CC3(C)C)c12. The number of nitrogens with two attached hydrogens (primary N) is 1. The number of rotatable bonds is 2. The second-order valence-corrected chi connectivity index (χ2v) is 5.91. The monoisotopic (exact) mass is 229 g/mol. The molecule has 1 saturated carbocycles. The van der Waals surface area contributed by atoms with Crippen LogP contribution in [0.4, 0.5) is 5.95 Å². The molecule has 3 nitrogen and oxygen atoms in total. The van der Waals surface area contributed by atoms with Crippen LogP contribution in [-0.4, -0.2) is 9.55 Å². The molecule has 1 heterocycles. The van der Waals surface area contributed by atoms with Crippen LogP contribution < -0.4 is 5.73 Å². The number of fused-ring (bicyclic) bond motifs is 1. The summed E-state index contributed by atoms with van der Waals surface area (Å²) in [5, 5.41) is 0. The predicted molar refractivity (Wildman–Crippen MR) is 70.8 cm³/mol. The Kier molecular flexibility index (Phi) is 2.03. The van der Waals surface area contributed by atoms with Gasteiger partial charge in [-0.25, -0.2) is 4.98 Å². The van der Waals surface area contributed by atoms with E-state index >= 15 is 0 Å². The van der Waals surface area contributed by atoms with E-state index in [4.69, 9.17) is 5.73 Å². The Bertz CT molecular complexity index is 580. The molecule has 1 aliphatic rings. The second kappa shape index (κ2) is 3.25. The highest BCUT2D eigenvalue weighted by atomic mass is 15.2. The van der Waals surface area contributed by atoms with Gasteiger partial charge in [-0.1, -0.05) is 26.0 Å². The Morgan fingerprint density at radius 1 is 1.47 bits per heavy atom. The van der Waals surface area contributed by atoms with Gasteiger partial charge in [0.25, 0.3) is 0 Å². The van der Waals surface area contributed by atoms with Crippen molar-refractivity contribution in [2.24, 2.45) is 11.3 Å². The van der Waals surface area contributed by atoms with Crippen molar-refractivity contribution in [1.29, 1.82) is 0 Å². The first-order valence-electron chi connectivity index (χ1n) is 6.20. The molecule has 2 aromatic rings. The van der Waals surface area contributed by atoms with Crippen LogP contribution in [0.5, 0.6) is 0 Å². The van der Waals surface area contributed by atoms with Crippen molar-refractivity contribution in [3.8, 4) is 0 Å². The fourth-order valence-electron chi connectivity index (χ4n) is 2.68. The van der Waals surface area contributed by atoms with Gasteiger partial charge >= 0.3 is 0 Å². The minimum absolute atomic E-state index is 0.478. The lowest BCUT2D eigenvalue weighted by atomic mass is 10.1. The van der Waals surface area contributed by atoms with E-state index in [0.29, 0.717) is 11.4 Å². The fraction of sp³-hybridized carbons (Fsp3) is 0.500. The molecular formula is C14H19N3. The first-order valence-corrected chi connectivity index (χ1v) is 6.20. The highest BCUT2D eigenvalue weighted by Gasteiger charge is 2.45. The number of aryl methyl sites for hydroxylation is 1. The molecule has 90 valence electrons. The molecule has 3 rings (SSSR count). The van der Waals surface area contributed by atoms with Gasteiger partial charge in [-0.15, -0.1) is 0 Å². The molecule has 1 atom stereocenters. The van der Waals surface area contributed by atoms with Crippen LogP contribution in [0.1, 0.15) is 25.8 Å². The number of aromatic nitrogens is 2. The summed E-state index contributed by atoms with van der Waals surface area (Å²) in [6.07, 6.45) is 1.29. The molecule has 1 unspecified atom stereocenters. The molecule has 1 aliphatic carbocycles. The fourth-order valence-corrected chi connectivity index (χ4v) is 2.68. The topological polar surface area (TPSA) is 43.8 Å². The van der Waals surface area contributed by atoms with Gasteiger partial charge in [0, 0.05) is 6.54 Å². The lowest BCUT2D eigenvalue weighted by Gasteiger charge is -2.09. The number of hydrogen-bond acceptors (Lipinski definition) is 2. The van der Waals surface area contributed by atoms with E-state index in [9.17, 15) is 0 Å². The molecule has 17 heavy (non-hydrogen) atoms. The Hall–Kier alpha value is -1.51. The molecule has 0 aliphatic heterocycles. The summed E-state index contributed by atoms with van der Waals surface area (Å²) in [5.74, 6) is 1.39. The quantitative estimate of drug-likeness (QED) is 0.860. The molecule has 1 fully saturated rings. The summed E-state index contributed by atoms with van der Waals surface area (Å²) < 4.78 is 2.18. The number of anilines is 1. The van der Waals surface area contributed by atoms with Crippen LogP contribution >= 0.6 is 0 Å². The number of hydrogen-bond donors (Lipinski definition) is 1. The van der Waals surface area contributed by atoms with Gasteiger partial charge in [-0.2, -0.15) is 0 Å². The molecule has 2 N–H and O–H groups in total. The standard InChI is InChI=1S/C14H19N3/c1-9-5-4-6-11-12(9)17(13(15)16-11)8-10-7-14(10,2)3/h4-6,10H,7-8H2,1-3H3,(H2,15,16). The largest absolute Gasteiger partial charge is 0.369 e. The summed E-state index contributed by atoms with van der Waals surface area (Å²) in [5.41, 5.74) is 9.99. The maximum atomic E-state index is 6.04. The van der Waals surface area contributed by atoms with Crippen molar-refractivity contribution >= 4 is 17.0 Å². The Morgan fingerprint density at radius 2 is 2.18 bits per heavy atom. The molecule has 1 aromatic heterocycles. The molecule has 0 spiro atoms. The number of para-hydroxylation sites is 1. The summed E-state index contributed by atoms with van der Waals surface area (Å²) in [6.45, 7) is 7.76. The van der Waals surface area contributed by atoms with Crippen LogP contribution in [0.15, 0.2) is 18.2 Å². The molecular weight excluding hydrogens is 210 g/mol. The van der Waals surface area contributed by atoms with Crippen LogP contribution in [0.25, 0.3) is 11.0 Å². The van der Waals surface area contributed by atoms with Crippen LogP contribution in [0.2, 0.25) is 0 Å². The van der Waals surface area contributed by atoms with Gasteiger partial charge in [-0.05, 0) is 36.3 Å². The number of nitrogens with zero attached hydrogens (tertiary/aromatic N) is 2. The van der Waals surface area contributed by atoms with E-state index < -0.39 is 0 Å². The van der Waals surface area contributed by atoms with Crippen molar-refractivity contribution < 1.29 is 0 Å². The van der Waals surface area contributed by atoms with Gasteiger partial charge in [0.2, 0.25) is 5.95 Å². The van der Waals surface area contributed by atoms with Crippen molar-refractivity contribution in [3.63, 3.8) is 0 Å². The highest BCUT2D eigenvalue weighted by molar-refractivity contribution is 5.81. The lowest BCUT2D eigenvalue weighted by Crippen LogP contribution is -2.07. The van der Waals surface area contributed by atoms with Crippen molar-refractivity contribution in [2.75, 3.05) is 5.73 Å². The summed E-state index contributed by atoms with van der Waals surface area (Å²) >= 11 is 0. The van der Waals surface area contributed by atoms with Gasteiger partial charge in [0.05, 0.1) is 11.0 Å². The van der Waals surface area contributed by atoms with E-state index in [1.807, 2.05) is 12.1 Å². The van der Waals surface area contributed by atoms with Crippen molar-refractivity contribution in [3.05, 3.63) is 23.8 Å². The van der Waals surface area contributed by atoms with Crippen LogP contribution in [0, 0.1) is 18.3 Å². The Morgan fingerprint density at radius 3 is 2.82 bits per heavy atom. The van der Waals surface area contributed by atoms with Crippen molar-refractivity contribution in [1.82, 2.24) is 9.55 Å². The van der Waals surface area contributed by atoms with Gasteiger partial charge in [0.1, 0.15) is 0 Å². The first-order chi connectivity index (χ1) is 7.99. The second-order valence-electron chi connectivity index (χ2n) is 5.91. The number of nitrogen functional groups attached to an aromatic ring is 1. The van der Waals surface area contributed by atoms with Crippen molar-refractivity contribution in [2.45, 2.75) is 33.7 Å². The zero-order valence-electron chi connectivity index (χ0n) is 10.7. The zero-order chi connectivity index (χ0) is 12.2. The van der Waals surface area contributed by atoms with Gasteiger partial charge in [0.15, 0.2) is 0 Å². The van der Waals surface area contributed by atoms with E-state index in [1.54, 1.807) is 0 Å². The average Bonchev–Trinajstić information content (AvgIpc) is 2.69. The number of imidazole rings is 1. The lowest BCUT2D eigenvalue weighted by molar-refractivity contribution is 0.507. The summed E-state index contributed by atoms with van der Waals surface area (Å²) in [7, 11) is 0. The minimum Gasteiger partial charge on any atom is -0.369 e. The molecule has 0 saturated heterocycles. The third-order valence-electron chi connectivity index (χ3n) is 4.12. The number of benzene rings is 1. The van der Waals surface area contributed by atoms with E-state index in [-0.39, 0.29) is 0 Å². The Labute approximate surface area is 102 Å². The highest BCUT2D eigenvalue weighted by Crippen LogP contribution is 2.52. The molecule has 0 bridgehead atoms. The summed E-state index contributed by atoms with van der Waals surface area (Å²) in [6, 6.07) is 6.20. The van der Waals surface area contributed by atoms with E-state index in [2.05, 4.69) is 36.4 Å². The predicted octanol–water partition coefficient (Wildman–Crippen LogP) is 2.97. The van der Waals surface area contributed by atoms with Gasteiger partial charge < -0.3 is 10.3 Å². The maximum Gasteiger partial charge on any atom is 0.201 e. The third kappa shape index (κ3) is 1.61. The van der Waals surface area contributed by atoms with E-state index in [0.717, 1.165) is 18.0 Å². The van der Waals surface area contributed by atoms with Crippen LogP contribution in [-0.2, 0) is 6.54 Å². The Balaban J connectivity index is 2.06. The molecule has 0 amide bonds. The smallest absolute Gasteiger partial charge is 0.201 e. The zero-order valence-corrected chi connectivity index (χ0v) is 10.7. The van der Waals surface area contributed by atoms with Crippen LogP contribution in [0.3, 0.4) is 0 Å².